The number of pyridine rings is 2. The number of cyclic esters (lactones) is 1. The maximum absolute atomic E-state index is 13.7. The van der Waals surface area contributed by atoms with E-state index in [0.29, 0.717) is 17.8 Å². The zero-order valence-electron chi connectivity index (χ0n) is 24.1. The first-order valence-corrected chi connectivity index (χ1v) is 14.2. The SMILES string of the molecule is CC[C@@]1(O)C(=O)OCc2c1cc1n(c2=O)Cc2c-1nc1cc(C)c(C)cc1c2C[C@H](C)NC(=O)OCc1ccccc1. The summed E-state index contributed by atoms with van der Waals surface area (Å²) in [6.45, 7) is 7.95. The fourth-order valence-electron chi connectivity index (χ4n) is 5.98. The Morgan fingerprint density at radius 1 is 1.14 bits per heavy atom. The Balaban J connectivity index is 1.40. The summed E-state index contributed by atoms with van der Waals surface area (Å²) in [5.74, 6) is -0.752. The van der Waals surface area contributed by atoms with Crippen LogP contribution < -0.4 is 10.9 Å². The highest BCUT2D eigenvalue weighted by atomic mass is 16.6. The van der Waals surface area contributed by atoms with Gasteiger partial charge in [-0.1, -0.05) is 37.3 Å². The van der Waals surface area contributed by atoms with Crippen molar-refractivity contribution in [3.05, 3.63) is 97.8 Å². The Kier molecular flexibility index (Phi) is 6.85. The second-order valence-corrected chi connectivity index (χ2v) is 11.3. The number of amides is 1. The molecule has 0 spiro atoms. The number of esters is 1. The minimum Gasteiger partial charge on any atom is -0.458 e. The molecule has 0 saturated heterocycles. The van der Waals surface area contributed by atoms with Crippen LogP contribution in [0, 0.1) is 13.8 Å². The van der Waals surface area contributed by atoms with Gasteiger partial charge in [0.1, 0.15) is 13.2 Å². The largest absolute Gasteiger partial charge is 0.458 e. The van der Waals surface area contributed by atoms with Gasteiger partial charge >= 0.3 is 12.1 Å². The van der Waals surface area contributed by atoms with Gasteiger partial charge in [-0.2, -0.15) is 0 Å². The Hall–Kier alpha value is -4.50. The van der Waals surface area contributed by atoms with Gasteiger partial charge in [-0.3, -0.25) is 4.79 Å². The molecular weight excluding hydrogens is 534 g/mol. The van der Waals surface area contributed by atoms with E-state index in [1.807, 2.05) is 57.2 Å². The second kappa shape index (κ2) is 10.4. The number of aliphatic hydroxyl groups is 1. The summed E-state index contributed by atoms with van der Waals surface area (Å²) in [6.07, 6.45) is 0.0457. The molecule has 2 aliphatic rings. The van der Waals surface area contributed by atoms with Crippen molar-refractivity contribution in [2.75, 3.05) is 0 Å². The number of carbonyl (C=O) groups is 2. The number of nitrogens with one attached hydrogen (secondary N) is 1. The average molecular weight is 568 g/mol. The molecule has 0 fully saturated rings. The zero-order chi connectivity index (χ0) is 29.8. The van der Waals surface area contributed by atoms with Crippen molar-refractivity contribution in [2.24, 2.45) is 0 Å². The molecule has 4 aromatic rings. The number of rotatable bonds is 6. The minimum absolute atomic E-state index is 0.0764. The van der Waals surface area contributed by atoms with Crippen LogP contribution in [-0.4, -0.2) is 32.8 Å². The van der Waals surface area contributed by atoms with Gasteiger partial charge < -0.3 is 24.5 Å². The molecule has 0 radical (unpaired) electrons. The van der Waals surface area contributed by atoms with Gasteiger partial charge in [-0.15, -0.1) is 0 Å². The van der Waals surface area contributed by atoms with Crippen LogP contribution >= 0.6 is 0 Å². The van der Waals surface area contributed by atoms with Crippen LogP contribution in [0.25, 0.3) is 22.3 Å². The smallest absolute Gasteiger partial charge is 0.407 e. The number of aryl methyl sites for hydroxylation is 2. The molecular formula is C33H33N3O6. The van der Waals surface area contributed by atoms with Gasteiger partial charge in [0.15, 0.2) is 5.60 Å². The summed E-state index contributed by atoms with van der Waals surface area (Å²) in [5, 5.41) is 15.1. The van der Waals surface area contributed by atoms with Gasteiger partial charge in [-0.25, -0.2) is 14.6 Å². The summed E-state index contributed by atoms with van der Waals surface area (Å²) >= 11 is 0. The lowest BCUT2D eigenvalue weighted by Crippen LogP contribution is -2.44. The number of alkyl carbamates (subject to hydrolysis) is 1. The highest BCUT2D eigenvalue weighted by Gasteiger charge is 2.45. The fourth-order valence-corrected chi connectivity index (χ4v) is 5.98. The van der Waals surface area contributed by atoms with E-state index >= 15 is 0 Å². The minimum atomic E-state index is -1.89. The van der Waals surface area contributed by atoms with E-state index in [2.05, 4.69) is 11.4 Å². The van der Waals surface area contributed by atoms with E-state index in [9.17, 15) is 19.5 Å². The third-order valence-corrected chi connectivity index (χ3v) is 8.51. The maximum Gasteiger partial charge on any atom is 0.407 e. The highest BCUT2D eigenvalue weighted by Crippen LogP contribution is 2.40. The Morgan fingerprint density at radius 2 is 1.88 bits per heavy atom. The number of hydrogen-bond donors (Lipinski definition) is 2. The molecule has 0 unspecified atom stereocenters. The third kappa shape index (κ3) is 4.54. The molecule has 0 saturated carbocycles. The molecule has 9 heteroatoms. The number of carbonyl (C=O) groups excluding carboxylic acids is 2. The van der Waals surface area contributed by atoms with Crippen LogP contribution in [0.5, 0.6) is 0 Å². The number of aromatic nitrogens is 2. The molecule has 9 nitrogen and oxygen atoms in total. The first kappa shape index (κ1) is 27.7. The van der Waals surface area contributed by atoms with Crippen LogP contribution in [0.4, 0.5) is 4.79 Å². The van der Waals surface area contributed by atoms with E-state index < -0.39 is 17.7 Å². The molecule has 216 valence electrons. The van der Waals surface area contributed by atoms with E-state index in [-0.39, 0.29) is 48.9 Å². The highest BCUT2D eigenvalue weighted by molar-refractivity contribution is 5.90. The molecule has 4 heterocycles. The lowest BCUT2D eigenvalue weighted by molar-refractivity contribution is -0.172. The molecule has 0 aliphatic carbocycles. The lowest BCUT2D eigenvalue weighted by atomic mass is 9.86. The number of fused-ring (bicyclic) bond motifs is 5. The summed E-state index contributed by atoms with van der Waals surface area (Å²) in [6, 6.07) is 15.1. The van der Waals surface area contributed by atoms with E-state index in [4.69, 9.17) is 14.5 Å². The molecule has 1 amide bonds. The van der Waals surface area contributed by atoms with Gasteiger partial charge in [0.2, 0.25) is 0 Å². The average Bonchev–Trinajstić information content (AvgIpc) is 3.34. The van der Waals surface area contributed by atoms with Crippen LogP contribution in [0.2, 0.25) is 0 Å². The summed E-state index contributed by atoms with van der Waals surface area (Å²) < 4.78 is 12.3. The predicted octanol–water partition coefficient (Wildman–Crippen LogP) is 4.55. The normalized spacial score (nSPS) is 17.7. The van der Waals surface area contributed by atoms with Crippen molar-refractivity contribution in [3.63, 3.8) is 0 Å². The van der Waals surface area contributed by atoms with Gasteiger partial charge in [0.05, 0.1) is 29.0 Å². The lowest BCUT2D eigenvalue weighted by Gasteiger charge is -2.31. The van der Waals surface area contributed by atoms with E-state index in [0.717, 1.165) is 38.7 Å². The van der Waals surface area contributed by atoms with Crippen molar-refractivity contribution in [2.45, 2.75) is 71.9 Å². The molecule has 2 N–H and O–H groups in total. The second-order valence-electron chi connectivity index (χ2n) is 11.3. The summed E-state index contributed by atoms with van der Waals surface area (Å²) in [4.78, 5) is 43.9. The van der Waals surface area contributed by atoms with Crippen molar-refractivity contribution in [1.82, 2.24) is 14.9 Å². The number of hydrogen-bond acceptors (Lipinski definition) is 7. The van der Waals surface area contributed by atoms with Gasteiger partial charge in [0.25, 0.3) is 5.56 Å². The topological polar surface area (TPSA) is 120 Å². The summed E-state index contributed by atoms with van der Waals surface area (Å²) in [7, 11) is 0. The number of ether oxygens (including phenoxy) is 2. The standard InChI is InChI=1S/C33H33N3O6/c1-5-33(40)26-14-28-29-24(15-36(28)30(37)25(26)17-41-31(33)38)22(23-11-18(2)19(3)12-27(23)35-29)13-20(4)34-32(39)42-16-21-9-7-6-8-10-21/h6-12,14,20,40H,5,13,15-17H2,1-4H3,(H,34,39)/t20-,33-/m0/s1. The van der Waals surface area contributed by atoms with E-state index in [1.54, 1.807) is 17.6 Å². The molecule has 2 aliphatic heterocycles. The van der Waals surface area contributed by atoms with Gasteiger partial charge in [-0.05, 0) is 74.1 Å². The van der Waals surface area contributed by atoms with Crippen LogP contribution in [-0.2, 0) is 46.0 Å². The molecule has 6 rings (SSSR count). The number of benzene rings is 2. The number of nitrogens with zero attached hydrogens (tertiary/aromatic N) is 2. The molecule has 2 atom stereocenters. The molecule has 42 heavy (non-hydrogen) atoms. The maximum atomic E-state index is 13.7. The van der Waals surface area contributed by atoms with Crippen molar-refractivity contribution in [3.8, 4) is 11.4 Å². The Morgan fingerprint density at radius 3 is 2.62 bits per heavy atom. The quantitative estimate of drug-likeness (QED) is 0.289. The van der Waals surface area contributed by atoms with Crippen LogP contribution in [0.1, 0.15) is 59.2 Å². The van der Waals surface area contributed by atoms with Crippen molar-refractivity contribution < 1.29 is 24.2 Å². The molecule has 2 aromatic heterocycles. The van der Waals surface area contributed by atoms with Gasteiger partial charge in [0, 0.05) is 22.6 Å². The summed E-state index contributed by atoms with van der Waals surface area (Å²) in [5.41, 5.74) is 5.28. The van der Waals surface area contributed by atoms with Crippen LogP contribution in [0.15, 0.2) is 53.3 Å². The Labute approximate surface area is 243 Å². The zero-order valence-corrected chi connectivity index (χ0v) is 24.1. The van der Waals surface area contributed by atoms with E-state index in [1.165, 1.54) is 0 Å². The predicted molar refractivity (Wildman–Crippen MR) is 157 cm³/mol. The molecule has 0 bridgehead atoms. The molecule has 2 aromatic carbocycles. The Bertz CT molecular complexity index is 1810. The monoisotopic (exact) mass is 567 g/mol. The first-order valence-electron chi connectivity index (χ1n) is 14.2. The third-order valence-electron chi connectivity index (χ3n) is 8.51. The van der Waals surface area contributed by atoms with Crippen molar-refractivity contribution in [1.29, 1.82) is 0 Å². The fraction of sp³-hybridized carbons (Fsp3) is 0.333. The van der Waals surface area contributed by atoms with Crippen molar-refractivity contribution >= 4 is 23.0 Å². The first-order chi connectivity index (χ1) is 20.1. The van der Waals surface area contributed by atoms with Crippen LogP contribution in [0.3, 0.4) is 0 Å².